The van der Waals surface area contributed by atoms with Gasteiger partial charge >= 0.3 is 0 Å². The van der Waals surface area contributed by atoms with Crippen LogP contribution in [-0.4, -0.2) is 22.0 Å². The standard InChI is InChI=1S/C9H7N3O4/c1-16-5-2-6-8(7(3-5)12(14)15)10-4-11-9(6)13/h2-4H,1H3,(H,10,11,13). The first-order chi connectivity index (χ1) is 7.63. The fourth-order valence-electron chi connectivity index (χ4n) is 1.39. The summed E-state index contributed by atoms with van der Waals surface area (Å²) < 4.78 is 4.88. The molecule has 2 aromatic rings. The Bertz CT molecular complexity index is 620. The van der Waals surface area contributed by atoms with E-state index in [-0.39, 0.29) is 22.3 Å². The van der Waals surface area contributed by atoms with E-state index in [1.807, 2.05) is 0 Å². The quantitative estimate of drug-likeness (QED) is 0.598. The third-order valence-electron chi connectivity index (χ3n) is 2.13. The van der Waals surface area contributed by atoms with E-state index in [1.165, 1.54) is 19.2 Å². The number of aromatic amines is 1. The molecule has 0 fully saturated rings. The topological polar surface area (TPSA) is 98.1 Å². The highest BCUT2D eigenvalue weighted by Crippen LogP contribution is 2.26. The molecule has 0 aliphatic carbocycles. The van der Waals surface area contributed by atoms with Gasteiger partial charge in [-0.25, -0.2) is 4.98 Å². The molecule has 16 heavy (non-hydrogen) atoms. The number of hydrogen-bond donors (Lipinski definition) is 1. The van der Waals surface area contributed by atoms with Gasteiger partial charge in [-0.3, -0.25) is 14.9 Å². The van der Waals surface area contributed by atoms with Crippen molar-refractivity contribution in [3.63, 3.8) is 0 Å². The van der Waals surface area contributed by atoms with Crippen LogP contribution < -0.4 is 10.3 Å². The Kier molecular flexibility index (Phi) is 2.28. The highest BCUT2D eigenvalue weighted by molar-refractivity contribution is 5.87. The number of ether oxygens (including phenoxy) is 1. The van der Waals surface area contributed by atoms with Gasteiger partial charge in [-0.15, -0.1) is 0 Å². The van der Waals surface area contributed by atoms with Gasteiger partial charge in [0.25, 0.3) is 11.2 Å². The first kappa shape index (κ1) is 10.1. The number of methoxy groups -OCH3 is 1. The number of nitrogens with zero attached hydrogens (tertiary/aromatic N) is 2. The maximum atomic E-state index is 11.4. The first-order valence-corrected chi connectivity index (χ1v) is 4.33. The van der Waals surface area contributed by atoms with Crippen LogP contribution in [0.5, 0.6) is 5.75 Å². The van der Waals surface area contributed by atoms with E-state index in [4.69, 9.17) is 4.74 Å². The molecular weight excluding hydrogens is 214 g/mol. The van der Waals surface area contributed by atoms with Crippen LogP contribution >= 0.6 is 0 Å². The fourth-order valence-corrected chi connectivity index (χ4v) is 1.39. The average molecular weight is 221 g/mol. The summed E-state index contributed by atoms with van der Waals surface area (Å²) in [6, 6.07) is 2.64. The van der Waals surface area contributed by atoms with E-state index in [2.05, 4.69) is 9.97 Å². The lowest BCUT2D eigenvalue weighted by Gasteiger charge is -2.02. The number of fused-ring (bicyclic) bond motifs is 1. The predicted octanol–water partition coefficient (Wildman–Crippen LogP) is 0.840. The van der Waals surface area contributed by atoms with E-state index < -0.39 is 10.5 Å². The number of H-pyrrole nitrogens is 1. The summed E-state index contributed by atoms with van der Waals surface area (Å²) in [5.74, 6) is 0.248. The Morgan fingerprint density at radius 2 is 2.25 bits per heavy atom. The van der Waals surface area contributed by atoms with Crippen LogP contribution in [0.25, 0.3) is 10.9 Å². The Balaban J connectivity index is 2.93. The molecule has 1 aromatic carbocycles. The van der Waals surface area contributed by atoms with Crippen LogP contribution in [0.1, 0.15) is 0 Å². The molecule has 0 aliphatic heterocycles. The minimum Gasteiger partial charge on any atom is -0.496 e. The van der Waals surface area contributed by atoms with Crippen molar-refractivity contribution in [2.45, 2.75) is 0 Å². The number of nitro groups is 1. The second kappa shape index (κ2) is 3.61. The number of aromatic nitrogens is 2. The van der Waals surface area contributed by atoms with Crippen molar-refractivity contribution in [2.75, 3.05) is 7.11 Å². The lowest BCUT2D eigenvalue weighted by atomic mass is 10.2. The molecule has 1 N–H and O–H groups in total. The number of hydrogen-bond acceptors (Lipinski definition) is 5. The van der Waals surface area contributed by atoms with Gasteiger partial charge in [-0.1, -0.05) is 0 Å². The maximum Gasteiger partial charge on any atom is 0.299 e. The van der Waals surface area contributed by atoms with Crippen LogP contribution in [0.3, 0.4) is 0 Å². The second-order valence-electron chi connectivity index (χ2n) is 3.03. The molecule has 7 heteroatoms. The molecule has 0 spiro atoms. The third-order valence-corrected chi connectivity index (χ3v) is 2.13. The molecule has 1 heterocycles. The highest BCUT2D eigenvalue weighted by atomic mass is 16.6. The number of nitrogens with one attached hydrogen (secondary N) is 1. The molecule has 2 rings (SSSR count). The van der Waals surface area contributed by atoms with Crippen molar-refractivity contribution in [3.8, 4) is 5.75 Å². The van der Waals surface area contributed by atoms with Crippen molar-refractivity contribution in [3.05, 3.63) is 38.9 Å². The molecule has 0 saturated heterocycles. The van der Waals surface area contributed by atoms with Gasteiger partial charge < -0.3 is 9.72 Å². The highest BCUT2D eigenvalue weighted by Gasteiger charge is 2.17. The van der Waals surface area contributed by atoms with E-state index in [9.17, 15) is 14.9 Å². The van der Waals surface area contributed by atoms with Crippen LogP contribution in [0, 0.1) is 10.1 Å². The summed E-state index contributed by atoms with van der Waals surface area (Å²) in [6.45, 7) is 0. The van der Waals surface area contributed by atoms with Gasteiger partial charge in [0.15, 0.2) is 5.52 Å². The third kappa shape index (κ3) is 1.48. The van der Waals surface area contributed by atoms with E-state index in [0.29, 0.717) is 0 Å². The Morgan fingerprint density at radius 3 is 2.88 bits per heavy atom. The number of nitro benzene ring substituents is 1. The molecule has 82 valence electrons. The average Bonchev–Trinajstić information content (AvgIpc) is 2.28. The number of benzene rings is 1. The van der Waals surface area contributed by atoms with Crippen LogP contribution in [0.15, 0.2) is 23.3 Å². The Labute approximate surface area is 88.8 Å². The molecule has 7 nitrogen and oxygen atoms in total. The number of non-ortho nitro benzene ring substituents is 1. The van der Waals surface area contributed by atoms with Crippen molar-refractivity contribution in [1.29, 1.82) is 0 Å². The van der Waals surface area contributed by atoms with Crippen LogP contribution in [0.4, 0.5) is 5.69 Å². The summed E-state index contributed by atoms with van der Waals surface area (Å²) in [5, 5.41) is 10.9. The van der Waals surface area contributed by atoms with Gasteiger partial charge in [-0.2, -0.15) is 0 Å². The largest absolute Gasteiger partial charge is 0.496 e. The van der Waals surface area contributed by atoms with Gasteiger partial charge in [0, 0.05) is 0 Å². The molecule has 0 amide bonds. The van der Waals surface area contributed by atoms with E-state index >= 15 is 0 Å². The molecule has 0 aliphatic rings. The Hall–Kier alpha value is -2.44. The predicted molar refractivity (Wildman–Crippen MR) is 55.6 cm³/mol. The fraction of sp³-hybridized carbons (Fsp3) is 0.111. The maximum absolute atomic E-state index is 11.4. The van der Waals surface area contributed by atoms with E-state index in [1.54, 1.807) is 0 Å². The summed E-state index contributed by atoms with van der Waals surface area (Å²) in [5.41, 5.74) is -0.637. The minimum atomic E-state index is -0.600. The molecule has 0 radical (unpaired) electrons. The summed E-state index contributed by atoms with van der Waals surface area (Å²) in [7, 11) is 1.37. The molecule has 0 saturated carbocycles. The van der Waals surface area contributed by atoms with Crippen molar-refractivity contribution < 1.29 is 9.66 Å². The zero-order chi connectivity index (χ0) is 11.7. The van der Waals surface area contributed by atoms with Gasteiger partial charge in [0.2, 0.25) is 0 Å². The summed E-state index contributed by atoms with van der Waals surface area (Å²) >= 11 is 0. The molecule has 0 atom stereocenters. The molecule has 0 bridgehead atoms. The summed E-state index contributed by atoms with van der Waals surface area (Å²) in [4.78, 5) is 27.8. The minimum absolute atomic E-state index is 0.0505. The number of rotatable bonds is 2. The van der Waals surface area contributed by atoms with Gasteiger partial charge in [-0.05, 0) is 6.07 Å². The van der Waals surface area contributed by atoms with Crippen molar-refractivity contribution in [2.24, 2.45) is 0 Å². The second-order valence-corrected chi connectivity index (χ2v) is 3.03. The monoisotopic (exact) mass is 221 g/mol. The molecular formula is C9H7N3O4. The first-order valence-electron chi connectivity index (χ1n) is 4.33. The van der Waals surface area contributed by atoms with Crippen molar-refractivity contribution >= 4 is 16.6 Å². The summed E-state index contributed by atoms with van der Waals surface area (Å²) in [6.07, 6.45) is 1.13. The Morgan fingerprint density at radius 1 is 1.50 bits per heavy atom. The molecule has 1 aromatic heterocycles. The zero-order valence-electron chi connectivity index (χ0n) is 8.26. The van der Waals surface area contributed by atoms with Crippen LogP contribution in [-0.2, 0) is 0 Å². The smallest absolute Gasteiger partial charge is 0.299 e. The normalized spacial score (nSPS) is 10.3. The SMILES string of the molecule is COc1cc([N+](=O)[O-])c2nc[nH]c(=O)c2c1. The van der Waals surface area contributed by atoms with Crippen LogP contribution in [0.2, 0.25) is 0 Å². The zero-order valence-corrected chi connectivity index (χ0v) is 8.26. The molecule has 0 unspecified atom stereocenters. The van der Waals surface area contributed by atoms with E-state index in [0.717, 1.165) is 6.33 Å². The van der Waals surface area contributed by atoms with Gasteiger partial charge in [0.05, 0.1) is 29.8 Å². The lowest BCUT2D eigenvalue weighted by Crippen LogP contribution is -2.07. The van der Waals surface area contributed by atoms with Crippen molar-refractivity contribution in [1.82, 2.24) is 9.97 Å². The van der Waals surface area contributed by atoms with Gasteiger partial charge in [0.1, 0.15) is 5.75 Å². The lowest BCUT2D eigenvalue weighted by molar-refractivity contribution is -0.383.